The van der Waals surface area contributed by atoms with Crippen LogP contribution in [0.5, 0.6) is 0 Å². The van der Waals surface area contributed by atoms with Gasteiger partial charge >= 0.3 is 0 Å². The summed E-state index contributed by atoms with van der Waals surface area (Å²) in [5.74, 6) is 0. The average molecular weight is 380 g/mol. The molecule has 0 aliphatic carbocycles. The standard InChI is InChI=1S/C26H25N3/c1-2-6-20(7-3-1)21-10-12-22(13-11-21)26(29-16-14-27-15-17-29)24-18-23-8-4-5-9-25(23)28-19-24/h1-13,18-19,26-27H,14-17H2. The molecule has 3 nitrogen and oxygen atoms in total. The lowest BCUT2D eigenvalue weighted by Gasteiger charge is -2.35. The number of para-hydroxylation sites is 1. The van der Waals surface area contributed by atoms with Crippen molar-refractivity contribution in [3.63, 3.8) is 0 Å². The van der Waals surface area contributed by atoms with Crippen molar-refractivity contribution in [3.05, 3.63) is 102 Å². The predicted octanol–water partition coefficient (Wildman–Crippen LogP) is 4.90. The number of pyridine rings is 1. The largest absolute Gasteiger partial charge is 0.314 e. The Morgan fingerprint density at radius 2 is 1.41 bits per heavy atom. The number of aromatic nitrogens is 1. The summed E-state index contributed by atoms with van der Waals surface area (Å²) < 4.78 is 0. The van der Waals surface area contributed by atoms with Crippen LogP contribution in [0, 0.1) is 0 Å². The van der Waals surface area contributed by atoms with Gasteiger partial charge in [0.15, 0.2) is 0 Å². The SMILES string of the molecule is c1ccc(-c2ccc(C(c3cnc4ccccc4c3)N3CCNCC3)cc2)cc1. The van der Waals surface area contributed by atoms with Gasteiger partial charge in [0.25, 0.3) is 0 Å². The van der Waals surface area contributed by atoms with Crippen molar-refractivity contribution in [3.8, 4) is 11.1 Å². The molecule has 3 heteroatoms. The van der Waals surface area contributed by atoms with Gasteiger partial charge in [0, 0.05) is 37.8 Å². The van der Waals surface area contributed by atoms with Crippen LogP contribution in [0.25, 0.3) is 22.0 Å². The zero-order chi connectivity index (χ0) is 19.5. The monoisotopic (exact) mass is 379 g/mol. The maximum absolute atomic E-state index is 4.75. The molecule has 1 aliphatic heterocycles. The van der Waals surface area contributed by atoms with Crippen molar-refractivity contribution >= 4 is 10.9 Å². The van der Waals surface area contributed by atoms with E-state index >= 15 is 0 Å². The molecule has 0 spiro atoms. The van der Waals surface area contributed by atoms with Crippen LogP contribution in [0.1, 0.15) is 17.2 Å². The first kappa shape index (κ1) is 18.0. The van der Waals surface area contributed by atoms with E-state index < -0.39 is 0 Å². The minimum absolute atomic E-state index is 0.221. The first-order valence-electron chi connectivity index (χ1n) is 10.3. The fourth-order valence-corrected chi connectivity index (χ4v) is 4.28. The van der Waals surface area contributed by atoms with Crippen LogP contribution in [0.15, 0.2) is 91.1 Å². The number of nitrogens with one attached hydrogen (secondary N) is 1. The van der Waals surface area contributed by atoms with Gasteiger partial charge < -0.3 is 5.32 Å². The third kappa shape index (κ3) is 3.80. The zero-order valence-electron chi connectivity index (χ0n) is 16.5. The smallest absolute Gasteiger partial charge is 0.0702 e. The van der Waals surface area contributed by atoms with E-state index in [0.717, 1.165) is 31.7 Å². The Kier molecular flexibility index (Phi) is 5.08. The maximum Gasteiger partial charge on any atom is 0.0702 e. The number of rotatable bonds is 4. The lowest BCUT2D eigenvalue weighted by molar-refractivity contribution is 0.198. The Bertz CT molecular complexity index is 1080. The van der Waals surface area contributed by atoms with Crippen molar-refractivity contribution in [2.75, 3.05) is 26.2 Å². The Hall–Kier alpha value is -3.01. The van der Waals surface area contributed by atoms with E-state index in [1.807, 2.05) is 6.07 Å². The van der Waals surface area contributed by atoms with Crippen molar-refractivity contribution < 1.29 is 0 Å². The van der Waals surface area contributed by atoms with Crippen molar-refractivity contribution in [1.29, 1.82) is 0 Å². The van der Waals surface area contributed by atoms with Gasteiger partial charge in [-0.1, -0.05) is 72.8 Å². The summed E-state index contributed by atoms with van der Waals surface area (Å²) >= 11 is 0. The molecule has 1 unspecified atom stereocenters. The van der Waals surface area contributed by atoms with Gasteiger partial charge in [-0.2, -0.15) is 0 Å². The van der Waals surface area contributed by atoms with Crippen LogP contribution >= 0.6 is 0 Å². The molecule has 1 saturated heterocycles. The topological polar surface area (TPSA) is 28.2 Å². The van der Waals surface area contributed by atoms with Crippen LogP contribution in [0.3, 0.4) is 0 Å². The third-order valence-electron chi connectivity index (χ3n) is 5.78. The fourth-order valence-electron chi connectivity index (χ4n) is 4.28. The molecule has 1 fully saturated rings. The number of piperazine rings is 1. The molecule has 144 valence electrons. The molecule has 1 atom stereocenters. The van der Waals surface area contributed by atoms with Gasteiger partial charge in [-0.25, -0.2) is 0 Å². The number of nitrogens with zero attached hydrogens (tertiary/aromatic N) is 2. The maximum atomic E-state index is 4.75. The molecule has 4 aromatic rings. The second-order valence-electron chi connectivity index (χ2n) is 7.64. The number of benzene rings is 3. The van der Waals surface area contributed by atoms with Crippen LogP contribution < -0.4 is 5.32 Å². The minimum Gasteiger partial charge on any atom is -0.314 e. The summed E-state index contributed by atoms with van der Waals surface area (Å²) in [6.07, 6.45) is 2.06. The average Bonchev–Trinajstić information content (AvgIpc) is 2.81. The van der Waals surface area contributed by atoms with Gasteiger partial charge in [0.2, 0.25) is 0 Å². The molecule has 0 bridgehead atoms. The molecule has 0 radical (unpaired) electrons. The van der Waals surface area contributed by atoms with Crippen LogP contribution in [0.2, 0.25) is 0 Å². The highest BCUT2D eigenvalue weighted by Gasteiger charge is 2.24. The zero-order valence-corrected chi connectivity index (χ0v) is 16.5. The first-order valence-corrected chi connectivity index (χ1v) is 10.3. The molecule has 3 aromatic carbocycles. The summed E-state index contributed by atoms with van der Waals surface area (Å²) in [5, 5.41) is 4.68. The summed E-state index contributed by atoms with van der Waals surface area (Å²) in [7, 11) is 0. The second-order valence-corrected chi connectivity index (χ2v) is 7.64. The van der Waals surface area contributed by atoms with Crippen LogP contribution in [-0.4, -0.2) is 36.1 Å². The summed E-state index contributed by atoms with van der Waals surface area (Å²) in [5.41, 5.74) is 6.15. The molecule has 2 heterocycles. The molecule has 1 N–H and O–H groups in total. The van der Waals surface area contributed by atoms with Crippen LogP contribution in [0.4, 0.5) is 0 Å². The van der Waals surface area contributed by atoms with E-state index in [1.165, 1.54) is 27.6 Å². The van der Waals surface area contributed by atoms with Gasteiger partial charge in [0.1, 0.15) is 0 Å². The lowest BCUT2D eigenvalue weighted by Crippen LogP contribution is -2.45. The predicted molar refractivity (Wildman–Crippen MR) is 120 cm³/mol. The van der Waals surface area contributed by atoms with E-state index in [2.05, 4.69) is 95.3 Å². The van der Waals surface area contributed by atoms with Crippen molar-refractivity contribution in [1.82, 2.24) is 15.2 Å². The summed E-state index contributed by atoms with van der Waals surface area (Å²) in [6, 6.07) is 30.5. The number of fused-ring (bicyclic) bond motifs is 1. The highest BCUT2D eigenvalue weighted by molar-refractivity contribution is 5.79. The lowest BCUT2D eigenvalue weighted by atomic mass is 9.94. The highest BCUT2D eigenvalue weighted by atomic mass is 15.2. The Balaban J connectivity index is 1.54. The first-order chi connectivity index (χ1) is 14.4. The quantitative estimate of drug-likeness (QED) is 0.547. The third-order valence-corrected chi connectivity index (χ3v) is 5.78. The Morgan fingerprint density at radius 1 is 0.724 bits per heavy atom. The Morgan fingerprint density at radius 3 is 2.21 bits per heavy atom. The molecule has 0 saturated carbocycles. The number of hydrogen-bond donors (Lipinski definition) is 1. The van der Waals surface area contributed by atoms with Gasteiger partial charge in [-0.15, -0.1) is 0 Å². The van der Waals surface area contributed by atoms with Crippen LogP contribution in [-0.2, 0) is 0 Å². The van der Waals surface area contributed by atoms with E-state index in [1.54, 1.807) is 0 Å². The molecular weight excluding hydrogens is 354 g/mol. The molecule has 5 rings (SSSR count). The molecule has 29 heavy (non-hydrogen) atoms. The fraction of sp³-hybridized carbons (Fsp3) is 0.192. The number of hydrogen-bond acceptors (Lipinski definition) is 3. The highest BCUT2D eigenvalue weighted by Crippen LogP contribution is 2.31. The summed E-state index contributed by atoms with van der Waals surface area (Å²) in [4.78, 5) is 7.31. The summed E-state index contributed by atoms with van der Waals surface area (Å²) in [6.45, 7) is 4.13. The van der Waals surface area contributed by atoms with Gasteiger partial charge in [-0.3, -0.25) is 9.88 Å². The van der Waals surface area contributed by atoms with E-state index in [9.17, 15) is 0 Å². The van der Waals surface area contributed by atoms with Gasteiger partial charge in [-0.05, 0) is 34.4 Å². The molecule has 0 amide bonds. The Labute approximate surface area is 172 Å². The van der Waals surface area contributed by atoms with Gasteiger partial charge in [0.05, 0.1) is 11.6 Å². The second kappa shape index (κ2) is 8.16. The van der Waals surface area contributed by atoms with E-state index in [4.69, 9.17) is 4.98 Å². The van der Waals surface area contributed by atoms with Crippen molar-refractivity contribution in [2.24, 2.45) is 0 Å². The minimum atomic E-state index is 0.221. The normalized spacial score (nSPS) is 16.0. The van der Waals surface area contributed by atoms with Crippen molar-refractivity contribution in [2.45, 2.75) is 6.04 Å². The molecule has 1 aliphatic rings. The van der Waals surface area contributed by atoms with E-state index in [-0.39, 0.29) is 6.04 Å². The molecule has 1 aromatic heterocycles. The van der Waals surface area contributed by atoms with E-state index in [0.29, 0.717) is 0 Å². The molecular formula is C26H25N3.